The van der Waals surface area contributed by atoms with Crippen LogP contribution in [0.3, 0.4) is 0 Å². The van der Waals surface area contributed by atoms with E-state index in [4.69, 9.17) is 4.74 Å². The Balaban J connectivity index is 1.97. The van der Waals surface area contributed by atoms with E-state index in [0.29, 0.717) is 36.7 Å². The van der Waals surface area contributed by atoms with Gasteiger partial charge >= 0.3 is 11.7 Å². The van der Waals surface area contributed by atoms with Gasteiger partial charge in [0.1, 0.15) is 0 Å². The Morgan fingerprint density at radius 3 is 2.52 bits per heavy atom. The minimum Gasteiger partial charge on any atom is -0.394 e. The first kappa shape index (κ1) is 19.6. The number of nitrogens with one attached hydrogen (secondary N) is 1. The lowest BCUT2D eigenvalue weighted by Gasteiger charge is -2.28. The average Bonchev–Trinajstić information content (AvgIpc) is 2.91. The molecule has 1 aliphatic heterocycles. The molecule has 2 aromatic rings. The molecule has 1 amide bonds. The van der Waals surface area contributed by atoms with Crippen LogP contribution in [0.15, 0.2) is 29.1 Å². The quantitative estimate of drug-likeness (QED) is 0.719. The number of carbonyl (C=O) groups excluding carboxylic acids is 1. The fraction of sp³-hybridized carbons (Fsp3) is 0.579. The van der Waals surface area contributed by atoms with Crippen molar-refractivity contribution in [3.63, 3.8) is 0 Å². The lowest BCUT2D eigenvalue weighted by molar-refractivity contribution is 0.0190. The summed E-state index contributed by atoms with van der Waals surface area (Å²) < 4.78 is 8.08. The third kappa shape index (κ3) is 4.07. The molecule has 0 unspecified atom stereocenters. The maximum atomic E-state index is 13.0. The number of nitrogens with zero attached hydrogens (tertiary/aromatic N) is 2. The highest BCUT2D eigenvalue weighted by molar-refractivity contribution is 5.89. The first-order valence-corrected chi connectivity index (χ1v) is 9.25. The summed E-state index contributed by atoms with van der Waals surface area (Å²) in [6, 6.07) is 5.58. The van der Waals surface area contributed by atoms with Crippen molar-refractivity contribution >= 4 is 17.1 Å². The summed E-state index contributed by atoms with van der Waals surface area (Å²) in [5.41, 5.74) is -0.561. The zero-order valence-corrected chi connectivity index (χ0v) is 15.7. The van der Waals surface area contributed by atoms with Gasteiger partial charge in [-0.3, -0.25) is 4.57 Å². The minimum absolute atomic E-state index is 0.320. The SMILES string of the molecule is CC(C)(O)[C@@H](CO)NC(=O)n1c(=O)n(CC2CCOCC2)c2ccccc21. The van der Waals surface area contributed by atoms with Gasteiger partial charge in [-0.15, -0.1) is 0 Å². The minimum atomic E-state index is -1.32. The maximum absolute atomic E-state index is 13.0. The number of hydrogen-bond donors (Lipinski definition) is 3. The topological polar surface area (TPSA) is 106 Å². The number of amides is 1. The van der Waals surface area contributed by atoms with Gasteiger partial charge in [-0.25, -0.2) is 14.2 Å². The number of para-hydroxylation sites is 2. The second kappa shape index (κ2) is 7.84. The van der Waals surface area contributed by atoms with E-state index in [1.165, 1.54) is 13.8 Å². The third-order valence-corrected chi connectivity index (χ3v) is 5.15. The van der Waals surface area contributed by atoms with E-state index in [1.807, 2.05) is 12.1 Å². The Kier molecular flexibility index (Phi) is 5.69. The van der Waals surface area contributed by atoms with E-state index >= 15 is 0 Å². The van der Waals surface area contributed by atoms with Gasteiger partial charge in [-0.05, 0) is 44.7 Å². The maximum Gasteiger partial charge on any atom is 0.337 e. The normalized spacial score (nSPS) is 17.2. The van der Waals surface area contributed by atoms with E-state index in [9.17, 15) is 19.8 Å². The molecule has 1 aromatic heterocycles. The summed E-state index contributed by atoms with van der Waals surface area (Å²) in [4.78, 5) is 25.8. The number of benzene rings is 1. The molecular formula is C19H27N3O5. The molecule has 3 rings (SSSR count). The molecule has 148 valence electrons. The molecule has 1 fully saturated rings. The number of imidazole rings is 1. The van der Waals surface area contributed by atoms with E-state index < -0.39 is 30.0 Å². The molecule has 0 radical (unpaired) electrons. The number of ether oxygens (including phenoxy) is 1. The molecule has 2 heterocycles. The van der Waals surface area contributed by atoms with Crippen LogP contribution in [0.2, 0.25) is 0 Å². The molecular weight excluding hydrogens is 350 g/mol. The molecule has 1 aliphatic rings. The van der Waals surface area contributed by atoms with Crippen LogP contribution in [-0.2, 0) is 11.3 Å². The zero-order chi connectivity index (χ0) is 19.6. The van der Waals surface area contributed by atoms with Crippen LogP contribution in [-0.4, -0.2) is 56.8 Å². The second-order valence-electron chi connectivity index (χ2n) is 7.61. The molecule has 27 heavy (non-hydrogen) atoms. The fourth-order valence-corrected chi connectivity index (χ4v) is 3.43. The number of fused-ring (bicyclic) bond motifs is 1. The molecule has 1 aromatic carbocycles. The number of carbonyl (C=O) groups is 1. The van der Waals surface area contributed by atoms with Gasteiger partial charge in [0.05, 0.1) is 29.3 Å². The van der Waals surface area contributed by atoms with E-state index in [0.717, 1.165) is 17.4 Å². The van der Waals surface area contributed by atoms with Crippen LogP contribution in [0.1, 0.15) is 26.7 Å². The van der Waals surface area contributed by atoms with Crippen molar-refractivity contribution < 1.29 is 19.7 Å². The average molecular weight is 377 g/mol. The van der Waals surface area contributed by atoms with Crippen molar-refractivity contribution in [2.45, 2.75) is 44.9 Å². The monoisotopic (exact) mass is 377 g/mol. The van der Waals surface area contributed by atoms with E-state index in [2.05, 4.69) is 5.32 Å². The third-order valence-electron chi connectivity index (χ3n) is 5.15. The van der Waals surface area contributed by atoms with Crippen molar-refractivity contribution in [1.82, 2.24) is 14.5 Å². The summed E-state index contributed by atoms with van der Waals surface area (Å²) in [5.74, 6) is 0.320. The predicted octanol–water partition coefficient (Wildman–Crippen LogP) is 0.919. The highest BCUT2D eigenvalue weighted by Gasteiger charge is 2.30. The van der Waals surface area contributed by atoms with Crippen molar-refractivity contribution in [2.75, 3.05) is 19.8 Å². The van der Waals surface area contributed by atoms with Crippen LogP contribution in [0.5, 0.6) is 0 Å². The summed E-state index contributed by atoms with van der Waals surface area (Å²) in [6.45, 7) is 4.43. The molecule has 0 spiro atoms. The van der Waals surface area contributed by atoms with Gasteiger partial charge < -0.3 is 20.3 Å². The van der Waals surface area contributed by atoms with Crippen LogP contribution in [0.4, 0.5) is 4.79 Å². The molecule has 0 aliphatic carbocycles. The first-order valence-electron chi connectivity index (χ1n) is 9.25. The largest absolute Gasteiger partial charge is 0.394 e. The summed E-state index contributed by atoms with van der Waals surface area (Å²) in [6.07, 6.45) is 1.76. The molecule has 8 nitrogen and oxygen atoms in total. The smallest absolute Gasteiger partial charge is 0.337 e. The van der Waals surface area contributed by atoms with Gasteiger partial charge in [0.15, 0.2) is 0 Å². The number of hydrogen-bond acceptors (Lipinski definition) is 5. The highest BCUT2D eigenvalue weighted by atomic mass is 16.5. The lowest BCUT2D eigenvalue weighted by atomic mass is 10.0. The van der Waals surface area contributed by atoms with Crippen molar-refractivity contribution in [2.24, 2.45) is 5.92 Å². The van der Waals surface area contributed by atoms with Gasteiger partial charge in [0, 0.05) is 19.8 Å². The predicted molar refractivity (Wildman–Crippen MR) is 101 cm³/mol. The fourth-order valence-electron chi connectivity index (χ4n) is 3.43. The van der Waals surface area contributed by atoms with Crippen molar-refractivity contribution in [1.29, 1.82) is 0 Å². The number of rotatable bonds is 5. The zero-order valence-electron chi connectivity index (χ0n) is 15.7. The molecule has 8 heteroatoms. The van der Waals surface area contributed by atoms with Gasteiger partial charge in [-0.2, -0.15) is 0 Å². The standard InChI is InChI=1S/C19H27N3O5/c1-19(2,26)16(12-23)20-17(24)22-15-6-4-3-5-14(15)21(18(22)25)11-13-7-9-27-10-8-13/h3-6,13,16,23,26H,7-12H2,1-2H3,(H,20,24)/t16-/m1/s1. The summed E-state index contributed by atoms with van der Waals surface area (Å²) in [7, 11) is 0. The molecule has 3 N–H and O–H groups in total. The number of aliphatic hydroxyl groups is 2. The van der Waals surface area contributed by atoms with E-state index in [1.54, 1.807) is 16.7 Å². The Labute approximate surface area is 157 Å². The van der Waals surface area contributed by atoms with E-state index in [-0.39, 0.29) is 0 Å². The molecule has 0 saturated carbocycles. The Hall–Kier alpha value is -2.16. The Morgan fingerprint density at radius 1 is 1.30 bits per heavy atom. The van der Waals surface area contributed by atoms with Crippen LogP contribution >= 0.6 is 0 Å². The molecule has 1 saturated heterocycles. The lowest BCUT2D eigenvalue weighted by Crippen LogP contribution is -2.53. The van der Waals surface area contributed by atoms with Gasteiger partial charge in [-0.1, -0.05) is 12.1 Å². The van der Waals surface area contributed by atoms with Crippen LogP contribution in [0, 0.1) is 5.92 Å². The summed E-state index contributed by atoms with van der Waals surface area (Å²) >= 11 is 0. The van der Waals surface area contributed by atoms with Gasteiger partial charge in [0.25, 0.3) is 0 Å². The highest BCUT2D eigenvalue weighted by Crippen LogP contribution is 2.20. The number of aliphatic hydroxyl groups excluding tert-OH is 1. The van der Waals surface area contributed by atoms with Crippen molar-refractivity contribution in [3.8, 4) is 0 Å². The Bertz CT molecular complexity index is 858. The summed E-state index contributed by atoms with van der Waals surface area (Å²) in [5, 5.41) is 22.1. The van der Waals surface area contributed by atoms with Crippen molar-refractivity contribution in [3.05, 3.63) is 34.7 Å². The second-order valence-corrected chi connectivity index (χ2v) is 7.61. The number of aromatic nitrogens is 2. The molecule has 0 bridgehead atoms. The first-order chi connectivity index (χ1) is 12.8. The Morgan fingerprint density at radius 2 is 1.93 bits per heavy atom. The van der Waals surface area contributed by atoms with Crippen LogP contribution in [0.25, 0.3) is 11.0 Å². The van der Waals surface area contributed by atoms with Crippen LogP contribution < -0.4 is 11.0 Å². The molecule has 1 atom stereocenters. The van der Waals surface area contributed by atoms with Gasteiger partial charge in [0.2, 0.25) is 0 Å².